The number of H-pyrrole nitrogens is 1. The van der Waals surface area contributed by atoms with Crippen molar-refractivity contribution in [3.63, 3.8) is 0 Å². The Balaban J connectivity index is 2.22. The molecule has 0 aliphatic rings. The van der Waals surface area contributed by atoms with E-state index in [2.05, 4.69) is 10.3 Å². The minimum atomic E-state index is -3.22. The van der Waals surface area contributed by atoms with Gasteiger partial charge in [-0.3, -0.25) is 0 Å². The van der Waals surface area contributed by atoms with Crippen molar-refractivity contribution in [3.8, 4) is 0 Å². The summed E-state index contributed by atoms with van der Waals surface area (Å²) in [6.07, 6.45) is 3.00. The lowest BCUT2D eigenvalue weighted by Gasteiger charge is -2.09. The topological polar surface area (TPSA) is 62.0 Å². The normalized spacial score (nSPS) is 11.4. The Hall–Kier alpha value is -1.46. The molecular formula is C12H13ClN2O2S. The van der Waals surface area contributed by atoms with Crippen molar-refractivity contribution in [2.24, 2.45) is 0 Å². The van der Waals surface area contributed by atoms with Gasteiger partial charge in [-0.15, -0.1) is 0 Å². The number of hydrogen-bond donors (Lipinski definition) is 2. The van der Waals surface area contributed by atoms with Gasteiger partial charge < -0.3 is 10.3 Å². The summed E-state index contributed by atoms with van der Waals surface area (Å²) < 4.78 is 22.9. The number of sulfone groups is 1. The van der Waals surface area contributed by atoms with Crippen LogP contribution < -0.4 is 5.32 Å². The molecule has 0 unspecified atom stereocenters. The van der Waals surface area contributed by atoms with Gasteiger partial charge in [0.15, 0.2) is 9.84 Å². The number of halogens is 1. The summed E-state index contributed by atoms with van der Waals surface area (Å²) in [7, 11) is -3.22. The van der Waals surface area contributed by atoms with Crippen molar-refractivity contribution in [2.75, 3.05) is 11.6 Å². The van der Waals surface area contributed by atoms with Crippen LogP contribution in [-0.2, 0) is 16.4 Å². The third-order valence-corrected chi connectivity index (χ3v) is 3.94. The highest BCUT2D eigenvalue weighted by Gasteiger charge is 2.10. The Bertz CT molecular complexity index is 636. The summed E-state index contributed by atoms with van der Waals surface area (Å²) in [5, 5.41) is 3.59. The average molecular weight is 285 g/mol. The van der Waals surface area contributed by atoms with E-state index in [0.717, 1.165) is 5.69 Å². The fourth-order valence-electron chi connectivity index (χ4n) is 1.54. The summed E-state index contributed by atoms with van der Waals surface area (Å²) in [5.41, 5.74) is 1.60. The molecule has 1 aromatic heterocycles. The maximum absolute atomic E-state index is 11.5. The fourth-order valence-corrected chi connectivity index (χ4v) is 2.37. The molecule has 18 heavy (non-hydrogen) atoms. The van der Waals surface area contributed by atoms with Gasteiger partial charge in [0.2, 0.25) is 0 Å². The van der Waals surface area contributed by atoms with Gasteiger partial charge in [-0.1, -0.05) is 11.6 Å². The number of aromatic nitrogens is 1. The minimum absolute atomic E-state index is 0.251. The molecule has 0 aliphatic heterocycles. The molecular weight excluding hydrogens is 272 g/mol. The van der Waals surface area contributed by atoms with E-state index >= 15 is 0 Å². The SMILES string of the molecule is CS(=O)(=O)c1ccc(Cl)c(NCc2ccc[nH]2)c1. The summed E-state index contributed by atoms with van der Waals surface area (Å²) >= 11 is 6.02. The summed E-state index contributed by atoms with van der Waals surface area (Å²) in [6, 6.07) is 8.44. The van der Waals surface area contributed by atoms with Crippen molar-refractivity contribution < 1.29 is 8.42 Å². The van der Waals surface area contributed by atoms with E-state index in [1.54, 1.807) is 12.1 Å². The van der Waals surface area contributed by atoms with Gasteiger partial charge in [-0.25, -0.2) is 8.42 Å². The van der Waals surface area contributed by atoms with Crippen molar-refractivity contribution in [2.45, 2.75) is 11.4 Å². The van der Waals surface area contributed by atoms with Crippen LogP contribution in [0.3, 0.4) is 0 Å². The van der Waals surface area contributed by atoms with Gasteiger partial charge in [-0.2, -0.15) is 0 Å². The van der Waals surface area contributed by atoms with Gasteiger partial charge in [-0.05, 0) is 30.3 Å². The molecule has 6 heteroatoms. The first-order chi connectivity index (χ1) is 8.47. The highest BCUT2D eigenvalue weighted by Crippen LogP contribution is 2.25. The third-order valence-electron chi connectivity index (χ3n) is 2.50. The van der Waals surface area contributed by atoms with E-state index in [1.165, 1.54) is 12.3 Å². The van der Waals surface area contributed by atoms with Crippen LogP contribution in [0.5, 0.6) is 0 Å². The second-order valence-electron chi connectivity index (χ2n) is 3.96. The lowest BCUT2D eigenvalue weighted by atomic mass is 10.3. The predicted octanol–water partition coefficient (Wildman–Crippen LogP) is 2.68. The molecule has 0 aliphatic carbocycles. The van der Waals surface area contributed by atoms with Crippen molar-refractivity contribution in [1.82, 2.24) is 4.98 Å². The first kappa shape index (κ1) is 13.0. The van der Waals surface area contributed by atoms with Gasteiger partial charge in [0, 0.05) is 18.1 Å². The molecule has 4 nitrogen and oxygen atoms in total. The van der Waals surface area contributed by atoms with Crippen molar-refractivity contribution in [1.29, 1.82) is 0 Å². The largest absolute Gasteiger partial charge is 0.378 e. The Morgan fingerprint density at radius 1 is 1.33 bits per heavy atom. The Kier molecular flexibility index (Phi) is 3.63. The van der Waals surface area contributed by atoms with Crippen LogP contribution in [0.1, 0.15) is 5.69 Å². The number of nitrogens with one attached hydrogen (secondary N) is 2. The van der Waals surface area contributed by atoms with Crippen LogP contribution in [0, 0.1) is 0 Å². The molecule has 0 amide bonds. The molecule has 0 spiro atoms. The Labute approximate surface area is 111 Å². The fraction of sp³-hybridized carbons (Fsp3) is 0.167. The molecule has 1 aromatic carbocycles. The average Bonchev–Trinajstić information content (AvgIpc) is 2.79. The minimum Gasteiger partial charge on any atom is -0.378 e. The van der Waals surface area contributed by atoms with E-state index in [1.807, 2.05) is 18.3 Å². The molecule has 0 radical (unpaired) electrons. The molecule has 2 N–H and O–H groups in total. The lowest BCUT2D eigenvalue weighted by Crippen LogP contribution is -2.03. The standard InChI is InChI=1S/C12H13ClN2O2S/c1-18(16,17)10-4-5-11(13)12(7-10)15-8-9-3-2-6-14-9/h2-7,14-15H,8H2,1H3. The number of hydrogen-bond acceptors (Lipinski definition) is 3. The highest BCUT2D eigenvalue weighted by molar-refractivity contribution is 7.90. The van der Waals surface area contributed by atoms with E-state index in [0.29, 0.717) is 17.3 Å². The first-order valence-electron chi connectivity index (χ1n) is 5.32. The first-order valence-corrected chi connectivity index (χ1v) is 7.59. The maximum Gasteiger partial charge on any atom is 0.175 e. The predicted molar refractivity (Wildman–Crippen MR) is 72.7 cm³/mol. The quantitative estimate of drug-likeness (QED) is 0.907. The number of rotatable bonds is 4. The summed E-state index contributed by atoms with van der Waals surface area (Å²) in [6.45, 7) is 0.555. The van der Waals surface area contributed by atoms with E-state index in [4.69, 9.17) is 11.6 Å². The lowest BCUT2D eigenvalue weighted by molar-refractivity contribution is 0.602. The Morgan fingerprint density at radius 3 is 2.72 bits per heavy atom. The van der Waals surface area contributed by atoms with Crippen LogP contribution >= 0.6 is 11.6 Å². The highest BCUT2D eigenvalue weighted by atomic mass is 35.5. The monoisotopic (exact) mass is 284 g/mol. The molecule has 0 fully saturated rings. The second-order valence-corrected chi connectivity index (χ2v) is 6.39. The zero-order chi connectivity index (χ0) is 13.2. The van der Waals surface area contributed by atoms with E-state index in [-0.39, 0.29) is 4.90 Å². The summed E-state index contributed by atoms with van der Waals surface area (Å²) in [5.74, 6) is 0. The van der Waals surface area contributed by atoms with Crippen LogP contribution in [0.25, 0.3) is 0 Å². The molecule has 2 rings (SSSR count). The molecule has 0 atom stereocenters. The number of benzene rings is 1. The molecule has 2 aromatic rings. The molecule has 96 valence electrons. The van der Waals surface area contributed by atoms with Crippen LogP contribution in [0.2, 0.25) is 5.02 Å². The second kappa shape index (κ2) is 5.04. The molecule has 0 saturated heterocycles. The van der Waals surface area contributed by atoms with Crippen LogP contribution in [0.4, 0.5) is 5.69 Å². The number of aromatic amines is 1. The molecule has 0 saturated carbocycles. The van der Waals surface area contributed by atoms with E-state index in [9.17, 15) is 8.42 Å². The van der Waals surface area contributed by atoms with E-state index < -0.39 is 9.84 Å². The molecule has 1 heterocycles. The maximum atomic E-state index is 11.5. The Morgan fingerprint density at radius 2 is 2.11 bits per heavy atom. The van der Waals surface area contributed by atoms with Gasteiger partial charge in [0.1, 0.15) is 0 Å². The third kappa shape index (κ3) is 3.05. The zero-order valence-corrected chi connectivity index (χ0v) is 11.3. The smallest absolute Gasteiger partial charge is 0.175 e. The van der Waals surface area contributed by atoms with Gasteiger partial charge >= 0.3 is 0 Å². The summed E-state index contributed by atoms with van der Waals surface area (Å²) in [4.78, 5) is 3.30. The van der Waals surface area contributed by atoms with Crippen LogP contribution in [0.15, 0.2) is 41.4 Å². The van der Waals surface area contributed by atoms with Crippen LogP contribution in [-0.4, -0.2) is 19.7 Å². The van der Waals surface area contributed by atoms with Crippen molar-refractivity contribution >= 4 is 27.1 Å². The number of anilines is 1. The zero-order valence-electron chi connectivity index (χ0n) is 9.77. The van der Waals surface area contributed by atoms with Gasteiger partial charge in [0.05, 0.1) is 22.2 Å². The molecule has 0 bridgehead atoms. The van der Waals surface area contributed by atoms with Gasteiger partial charge in [0.25, 0.3) is 0 Å². The van der Waals surface area contributed by atoms with Crippen molar-refractivity contribution in [3.05, 3.63) is 47.2 Å².